The normalized spacial score (nSPS) is 11.6. The van der Waals surface area contributed by atoms with Gasteiger partial charge in [-0.15, -0.1) is 0 Å². The predicted molar refractivity (Wildman–Crippen MR) is 70.8 cm³/mol. The maximum atomic E-state index is 12.6. The molecule has 0 radical (unpaired) electrons. The minimum atomic E-state index is -2.56. The van der Waals surface area contributed by atoms with Gasteiger partial charge in [-0.2, -0.15) is 0 Å². The van der Waals surface area contributed by atoms with E-state index < -0.39 is 20.9 Å². The van der Waals surface area contributed by atoms with Crippen LogP contribution in [0.5, 0.6) is 0 Å². The van der Waals surface area contributed by atoms with E-state index in [0.717, 1.165) is 4.47 Å². The Morgan fingerprint density at radius 3 is 2.84 bits per heavy atom. The average molecular weight is 412 g/mol. The fraction of sp³-hybridized carbons (Fsp3) is 0.100. The number of halogens is 4. The molecule has 3 aromatic rings. The molecular weight excluding hydrogens is 408 g/mol. The van der Waals surface area contributed by atoms with Gasteiger partial charge < -0.3 is 0 Å². The average Bonchev–Trinajstić information content (AvgIpc) is 2.93. The monoisotopic (exact) mass is 412 g/mol. The van der Waals surface area contributed by atoms with Crippen molar-refractivity contribution in [2.45, 2.75) is 6.43 Å². The SMILES string of the molecule is FC(F)c1nnc(-c2cnc3c(Cl)cc(Br)cn23)[se]1. The van der Waals surface area contributed by atoms with Crippen molar-refractivity contribution in [2.24, 2.45) is 0 Å². The van der Waals surface area contributed by atoms with Gasteiger partial charge in [0.1, 0.15) is 0 Å². The molecular formula is C10H4BrClF2N4Se. The van der Waals surface area contributed by atoms with Crippen molar-refractivity contribution in [1.29, 1.82) is 0 Å². The summed E-state index contributed by atoms with van der Waals surface area (Å²) in [6.45, 7) is 0. The number of rotatable bonds is 2. The van der Waals surface area contributed by atoms with E-state index in [2.05, 4.69) is 31.1 Å². The number of fused-ring (bicyclic) bond motifs is 1. The first-order valence-electron chi connectivity index (χ1n) is 5.00. The van der Waals surface area contributed by atoms with E-state index in [1.165, 1.54) is 0 Å². The Morgan fingerprint density at radius 1 is 1.37 bits per heavy atom. The number of aromatic nitrogens is 4. The molecule has 0 aromatic carbocycles. The molecule has 0 atom stereocenters. The minimum absolute atomic E-state index is 0.168. The number of hydrogen-bond acceptors (Lipinski definition) is 3. The molecule has 9 heteroatoms. The van der Waals surface area contributed by atoms with E-state index in [1.54, 1.807) is 22.9 Å². The summed E-state index contributed by atoms with van der Waals surface area (Å²) >= 11 is 8.81. The van der Waals surface area contributed by atoms with E-state index in [-0.39, 0.29) is 4.57 Å². The Bertz CT molecular complexity index is 757. The number of imidazole rings is 1. The zero-order valence-corrected chi connectivity index (χ0v) is 13.1. The van der Waals surface area contributed by atoms with Gasteiger partial charge in [0, 0.05) is 0 Å². The van der Waals surface area contributed by atoms with Gasteiger partial charge in [-0.25, -0.2) is 0 Å². The summed E-state index contributed by atoms with van der Waals surface area (Å²) in [6.07, 6.45) is 0.775. The Kier molecular flexibility index (Phi) is 3.42. The van der Waals surface area contributed by atoms with Crippen LogP contribution in [0, 0.1) is 0 Å². The van der Waals surface area contributed by atoms with Crippen LogP contribution in [0.2, 0.25) is 5.02 Å². The molecule has 0 fully saturated rings. The van der Waals surface area contributed by atoms with Gasteiger partial charge in [0.25, 0.3) is 0 Å². The molecule has 3 heterocycles. The number of alkyl halides is 2. The first-order chi connectivity index (χ1) is 9.06. The van der Waals surface area contributed by atoms with E-state index in [0.29, 0.717) is 20.9 Å². The molecule has 0 amide bonds. The topological polar surface area (TPSA) is 43.1 Å². The fourth-order valence-electron chi connectivity index (χ4n) is 1.60. The van der Waals surface area contributed by atoms with Crippen molar-refractivity contribution in [2.75, 3.05) is 0 Å². The summed E-state index contributed by atoms with van der Waals surface area (Å²) in [5.74, 6) is 0. The van der Waals surface area contributed by atoms with Gasteiger partial charge in [-0.1, -0.05) is 0 Å². The molecule has 19 heavy (non-hydrogen) atoms. The molecule has 4 nitrogen and oxygen atoms in total. The molecule has 0 spiro atoms. The van der Waals surface area contributed by atoms with Crippen LogP contribution in [0.4, 0.5) is 8.78 Å². The molecule has 0 saturated carbocycles. The Hall–Kier alpha value is -0.821. The van der Waals surface area contributed by atoms with Crippen LogP contribution in [0.15, 0.2) is 22.9 Å². The summed E-state index contributed by atoms with van der Waals surface area (Å²) in [5, 5.41) is 7.82. The van der Waals surface area contributed by atoms with Gasteiger partial charge in [-0.05, 0) is 0 Å². The standard InChI is InChI=1S/C10H4BrClF2N4Se/c11-4-1-5(12)8-15-2-6(18(8)3-4)9-16-17-10(19-9)7(13)14/h1-3,7H. The zero-order valence-electron chi connectivity index (χ0n) is 9.02. The molecule has 0 unspecified atom stereocenters. The zero-order chi connectivity index (χ0) is 13.6. The van der Waals surface area contributed by atoms with Crippen LogP contribution in [0.25, 0.3) is 15.9 Å². The third kappa shape index (κ3) is 2.33. The summed E-state index contributed by atoms with van der Waals surface area (Å²) in [5.41, 5.74) is 1.20. The molecule has 0 bridgehead atoms. The van der Waals surface area contributed by atoms with Gasteiger partial charge >= 0.3 is 125 Å². The van der Waals surface area contributed by atoms with Crippen LogP contribution >= 0.6 is 27.5 Å². The molecule has 0 aliphatic carbocycles. The van der Waals surface area contributed by atoms with Crippen LogP contribution in [-0.2, 0) is 0 Å². The molecule has 0 aliphatic heterocycles. The van der Waals surface area contributed by atoms with E-state index in [1.807, 2.05) is 0 Å². The molecule has 3 rings (SSSR count). The Morgan fingerprint density at radius 2 is 2.16 bits per heavy atom. The van der Waals surface area contributed by atoms with E-state index in [9.17, 15) is 8.78 Å². The third-order valence-corrected chi connectivity index (χ3v) is 5.09. The van der Waals surface area contributed by atoms with Crippen LogP contribution in [-0.4, -0.2) is 34.1 Å². The van der Waals surface area contributed by atoms with Gasteiger partial charge in [0.05, 0.1) is 0 Å². The summed E-state index contributed by atoms with van der Waals surface area (Å²) < 4.78 is 28.0. The fourth-order valence-corrected chi connectivity index (χ4v) is 3.90. The van der Waals surface area contributed by atoms with E-state index in [4.69, 9.17) is 11.6 Å². The summed E-state index contributed by atoms with van der Waals surface area (Å²) in [7, 11) is 0. The summed E-state index contributed by atoms with van der Waals surface area (Å²) in [6, 6.07) is 1.72. The van der Waals surface area contributed by atoms with Gasteiger partial charge in [-0.3, -0.25) is 0 Å². The molecule has 0 saturated heterocycles. The molecule has 98 valence electrons. The second kappa shape index (κ2) is 4.94. The van der Waals surface area contributed by atoms with E-state index >= 15 is 0 Å². The van der Waals surface area contributed by atoms with Crippen LogP contribution < -0.4 is 0 Å². The first kappa shape index (κ1) is 13.2. The summed E-state index contributed by atoms with van der Waals surface area (Å²) in [4.78, 5) is 4.17. The number of hydrogen-bond donors (Lipinski definition) is 0. The van der Waals surface area contributed by atoms with Crippen molar-refractivity contribution in [3.8, 4) is 10.3 Å². The van der Waals surface area contributed by atoms with Crippen molar-refractivity contribution in [3.63, 3.8) is 0 Å². The van der Waals surface area contributed by atoms with Crippen molar-refractivity contribution in [1.82, 2.24) is 19.6 Å². The van der Waals surface area contributed by atoms with Crippen LogP contribution in [0.1, 0.15) is 11.0 Å². The molecule has 3 aromatic heterocycles. The second-order valence-electron chi connectivity index (χ2n) is 3.59. The van der Waals surface area contributed by atoms with Crippen molar-refractivity contribution in [3.05, 3.63) is 32.5 Å². The van der Waals surface area contributed by atoms with Crippen molar-refractivity contribution >= 4 is 47.7 Å². The second-order valence-corrected chi connectivity index (χ2v) is 7.03. The first-order valence-corrected chi connectivity index (χ1v) is 7.88. The number of pyridine rings is 1. The Labute approximate surface area is 125 Å². The molecule has 0 aliphatic rings. The van der Waals surface area contributed by atoms with Crippen LogP contribution in [0.3, 0.4) is 0 Å². The van der Waals surface area contributed by atoms with Gasteiger partial charge in [0.15, 0.2) is 0 Å². The maximum absolute atomic E-state index is 12.6. The molecule has 0 N–H and O–H groups in total. The third-order valence-electron chi connectivity index (χ3n) is 2.37. The van der Waals surface area contributed by atoms with Gasteiger partial charge in [0.2, 0.25) is 0 Å². The quantitative estimate of drug-likeness (QED) is 0.607. The Balaban J connectivity index is 2.19. The van der Waals surface area contributed by atoms with Crippen molar-refractivity contribution < 1.29 is 8.78 Å². The number of nitrogens with zero attached hydrogens (tertiary/aromatic N) is 4. The predicted octanol–water partition coefficient (Wildman–Crippen LogP) is 3.20.